The molecule has 0 aliphatic rings. The van der Waals surface area contributed by atoms with E-state index in [9.17, 15) is 0 Å². The van der Waals surface area contributed by atoms with Crippen molar-refractivity contribution in [3.8, 4) is 5.75 Å². The highest BCUT2D eigenvalue weighted by Crippen LogP contribution is 2.28. The van der Waals surface area contributed by atoms with Gasteiger partial charge in [0.25, 0.3) is 0 Å². The number of ether oxygens (including phenoxy) is 1. The molecule has 1 aromatic carbocycles. The molecule has 2 rings (SSSR count). The lowest BCUT2D eigenvalue weighted by molar-refractivity contribution is 0.200. The number of rotatable bonds is 7. The maximum absolute atomic E-state index is 8.89. The van der Waals surface area contributed by atoms with Gasteiger partial charge < -0.3 is 15.2 Å². The van der Waals surface area contributed by atoms with Crippen molar-refractivity contribution in [2.45, 2.75) is 26.7 Å². The molecule has 0 amide bonds. The highest BCUT2D eigenvalue weighted by molar-refractivity contribution is 7.15. The Morgan fingerprint density at radius 3 is 2.76 bits per heavy atom. The monoisotopic (exact) mass is 306 g/mol. The van der Waals surface area contributed by atoms with Crippen LogP contribution in [0.5, 0.6) is 5.75 Å². The van der Waals surface area contributed by atoms with Crippen LogP contribution in [0.4, 0.5) is 5.13 Å². The van der Waals surface area contributed by atoms with Crippen molar-refractivity contribution < 1.29 is 9.84 Å². The summed E-state index contributed by atoms with van der Waals surface area (Å²) in [5, 5.41) is 13.2. The molecular weight excluding hydrogens is 284 g/mol. The van der Waals surface area contributed by atoms with Gasteiger partial charge in [0.15, 0.2) is 5.13 Å². The predicted molar refractivity (Wildman–Crippen MR) is 87.5 cm³/mol. The second kappa shape index (κ2) is 7.43. The van der Waals surface area contributed by atoms with E-state index in [1.165, 1.54) is 4.88 Å². The quantitative estimate of drug-likeness (QED) is 0.823. The summed E-state index contributed by atoms with van der Waals surface area (Å²) >= 11 is 1.68. The van der Waals surface area contributed by atoms with Gasteiger partial charge in [-0.2, -0.15) is 0 Å². The molecule has 1 unspecified atom stereocenters. The summed E-state index contributed by atoms with van der Waals surface area (Å²) in [5.41, 5.74) is 2.23. The molecule has 5 heteroatoms. The number of hydrogen-bond acceptors (Lipinski definition) is 5. The van der Waals surface area contributed by atoms with Crippen LogP contribution in [0.1, 0.15) is 29.0 Å². The van der Waals surface area contributed by atoms with Gasteiger partial charge in [0.05, 0.1) is 12.3 Å². The lowest BCUT2D eigenvalue weighted by Crippen LogP contribution is -2.12. The molecule has 0 aliphatic heterocycles. The summed E-state index contributed by atoms with van der Waals surface area (Å²) in [6, 6.07) is 7.97. The maximum Gasteiger partial charge on any atom is 0.183 e. The Bertz CT molecular complexity index is 564. The zero-order valence-electron chi connectivity index (χ0n) is 12.7. The fourth-order valence-electron chi connectivity index (χ4n) is 2.07. The van der Waals surface area contributed by atoms with E-state index in [1.54, 1.807) is 11.3 Å². The normalized spacial score (nSPS) is 12.2. The first-order chi connectivity index (χ1) is 10.1. The van der Waals surface area contributed by atoms with Crippen molar-refractivity contribution in [3.63, 3.8) is 0 Å². The molecule has 0 aliphatic carbocycles. The fourth-order valence-corrected chi connectivity index (χ4v) is 2.89. The third kappa shape index (κ3) is 4.19. The van der Waals surface area contributed by atoms with Crippen molar-refractivity contribution in [1.82, 2.24) is 4.98 Å². The Balaban J connectivity index is 2.01. The molecule has 1 aromatic heterocycles. The number of aromatic nitrogens is 1. The Hall–Kier alpha value is -1.59. The summed E-state index contributed by atoms with van der Waals surface area (Å²) in [6.45, 7) is 7.41. The van der Waals surface area contributed by atoms with Gasteiger partial charge >= 0.3 is 0 Å². The van der Waals surface area contributed by atoms with Crippen LogP contribution >= 0.6 is 11.3 Å². The minimum Gasteiger partial charge on any atom is -0.491 e. The number of aliphatic hydroxyl groups is 1. The lowest BCUT2D eigenvalue weighted by Gasteiger charge is -2.17. The predicted octanol–water partition coefficient (Wildman–Crippen LogP) is 3.35. The smallest absolute Gasteiger partial charge is 0.183 e. The average molecular weight is 306 g/mol. The largest absolute Gasteiger partial charge is 0.491 e. The third-order valence-electron chi connectivity index (χ3n) is 3.39. The number of anilines is 1. The SMILES string of the molecule is Cc1nc(NCC(C)c2ccccc2OCCO)sc1C. The Morgan fingerprint density at radius 2 is 2.10 bits per heavy atom. The van der Waals surface area contributed by atoms with Gasteiger partial charge in [-0.3, -0.25) is 0 Å². The highest BCUT2D eigenvalue weighted by atomic mass is 32.1. The zero-order valence-corrected chi connectivity index (χ0v) is 13.5. The van der Waals surface area contributed by atoms with Crippen LogP contribution in [0.15, 0.2) is 24.3 Å². The van der Waals surface area contributed by atoms with E-state index >= 15 is 0 Å². The van der Waals surface area contributed by atoms with Crippen LogP contribution in [-0.2, 0) is 0 Å². The number of nitrogens with one attached hydrogen (secondary N) is 1. The number of thiazole rings is 1. The molecule has 0 bridgehead atoms. The molecule has 0 spiro atoms. The topological polar surface area (TPSA) is 54.4 Å². The summed E-state index contributed by atoms with van der Waals surface area (Å²) < 4.78 is 5.59. The van der Waals surface area contributed by atoms with Gasteiger partial charge in [-0.15, -0.1) is 11.3 Å². The summed E-state index contributed by atoms with van der Waals surface area (Å²) in [6.07, 6.45) is 0. The first kappa shape index (κ1) is 15.8. The second-order valence-corrected chi connectivity index (χ2v) is 6.26. The first-order valence-electron chi connectivity index (χ1n) is 7.12. The van der Waals surface area contributed by atoms with E-state index in [4.69, 9.17) is 9.84 Å². The molecule has 0 saturated heterocycles. The molecule has 1 atom stereocenters. The average Bonchev–Trinajstić information content (AvgIpc) is 2.81. The molecule has 2 aromatic rings. The van der Waals surface area contributed by atoms with Crippen LogP contribution < -0.4 is 10.1 Å². The van der Waals surface area contributed by atoms with Gasteiger partial charge in [0.2, 0.25) is 0 Å². The van der Waals surface area contributed by atoms with Crippen molar-refractivity contribution in [3.05, 3.63) is 40.4 Å². The summed E-state index contributed by atoms with van der Waals surface area (Å²) in [4.78, 5) is 5.74. The van der Waals surface area contributed by atoms with E-state index in [-0.39, 0.29) is 6.61 Å². The lowest BCUT2D eigenvalue weighted by atomic mass is 10.0. The van der Waals surface area contributed by atoms with Crippen molar-refractivity contribution in [2.24, 2.45) is 0 Å². The van der Waals surface area contributed by atoms with E-state index < -0.39 is 0 Å². The van der Waals surface area contributed by atoms with Gasteiger partial charge in [-0.05, 0) is 25.5 Å². The van der Waals surface area contributed by atoms with Crippen LogP contribution in [0.25, 0.3) is 0 Å². The summed E-state index contributed by atoms with van der Waals surface area (Å²) in [5.74, 6) is 1.14. The number of aryl methyl sites for hydroxylation is 2. The maximum atomic E-state index is 8.89. The number of nitrogens with zero attached hydrogens (tertiary/aromatic N) is 1. The van der Waals surface area contributed by atoms with E-state index in [0.29, 0.717) is 12.5 Å². The van der Waals surface area contributed by atoms with Crippen molar-refractivity contribution in [1.29, 1.82) is 0 Å². The van der Waals surface area contributed by atoms with Crippen molar-refractivity contribution in [2.75, 3.05) is 25.1 Å². The Kier molecular flexibility index (Phi) is 5.59. The van der Waals surface area contributed by atoms with E-state index in [2.05, 4.69) is 30.2 Å². The van der Waals surface area contributed by atoms with Gasteiger partial charge in [-0.1, -0.05) is 25.1 Å². The second-order valence-electron chi connectivity index (χ2n) is 5.05. The number of benzene rings is 1. The minimum absolute atomic E-state index is 0.0264. The van der Waals surface area contributed by atoms with Gasteiger partial charge in [-0.25, -0.2) is 4.98 Å². The molecular formula is C16H22N2O2S. The standard InChI is InChI=1S/C16H22N2O2S/c1-11(10-17-16-18-12(2)13(3)21-16)14-6-4-5-7-15(14)20-9-8-19/h4-7,11,19H,8-10H2,1-3H3,(H,17,18). The van der Waals surface area contributed by atoms with E-state index in [0.717, 1.165) is 28.7 Å². The highest BCUT2D eigenvalue weighted by Gasteiger charge is 2.12. The van der Waals surface area contributed by atoms with Gasteiger partial charge in [0, 0.05) is 17.3 Å². The van der Waals surface area contributed by atoms with E-state index in [1.807, 2.05) is 25.1 Å². The zero-order chi connectivity index (χ0) is 15.2. The number of aliphatic hydroxyl groups excluding tert-OH is 1. The number of hydrogen-bond donors (Lipinski definition) is 2. The van der Waals surface area contributed by atoms with Gasteiger partial charge in [0.1, 0.15) is 12.4 Å². The van der Waals surface area contributed by atoms with Crippen LogP contribution in [0.2, 0.25) is 0 Å². The molecule has 2 N–H and O–H groups in total. The molecule has 1 heterocycles. The Morgan fingerprint density at radius 1 is 1.33 bits per heavy atom. The molecule has 114 valence electrons. The molecule has 0 fully saturated rings. The molecule has 0 saturated carbocycles. The van der Waals surface area contributed by atoms with Crippen LogP contribution in [0.3, 0.4) is 0 Å². The van der Waals surface area contributed by atoms with Crippen LogP contribution in [0, 0.1) is 13.8 Å². The molecule has 0 radical (unpaired) electrons. The molecule has 4 nitrogen and oxygen atoms in total. The fraction of sp³-hybridized carbons (Fsp3) is 0.438. The third-order valence-corrected chi connectivity index (χ3v) is 4.42. The van der Waals surface area contributed by atoms with Crippen LogP contribution in [-0.4, -0.2) is 29.8 Å². The Labute approximate surface area is 129 Å². The van der Waals surface area contributed by atoms with Crippen molar-refractivity contribution >= 4 is 16.5 Å². The minimum atomic E-state index is 0.0264. The first-order valence-corrected chi connectivity index (χ1v) is 7.94. The summed E-state index contributed by atoms with van der Waals surface area (Å²) in [7, 11) is 0. The number of para-hydroxylation sites is 1. The molecule has 21 heavy (non-hydrogen) atoms.